The van der Waals surface area contributed by atoms with Crippen LogP contribution < -0.4 is 0 Å². The lowest BCUT2D eigenvalue weighted by molar-refractivity contribution is 0.170. The molecular weight excluding hydrogens is 150 g/mol. The molecular formula is C10H21NO. The number of rotatable bonds is 3. The molecule has 1 heterocycles. The second-order valence-electron chi connectivity index (χ2n) is 4.20. The minimum absolute atomic E-state index is 0.301. The third-order valence-corrected chi connectivity index (χ3v) is 3.19. The van der Waals surface area contributed by atoms with Crippen molar-refractivity contribution in [3.05, 3.63) is 0 Å². The molecule has 0 aliphatic carbocycles. The molecule has 72 valence electrons. The molecule has 0 amide bonds. The molecule has 1 fully saturated rings. The summed E-state index contributed by atoms with van der Waals surface area (Å²) in [5.41, 5.74) is 0. The van der Waals surface area contributed by atoms with Crippen LogP contribution in [0.2, 0.25) is 0 Å². The van der Waals surface area contributed by atoms with Crippen molar-refractivity contribution in [2.75, 3.05) is 19.7 Å². The molecule has 2 atom stereocenters. The summed E-state index contributed by atoms with van der Waals surface area (Å²) in [5.74, 6) is 1.61. The normalized spacial score (nSPS) is 31.8. The van der Waals surface area contributed by atoms with E-state index in [1.165, 1.54) is 13.0 Å². The fourth-order valence-corrected chi connectivity index (χ4v) is 2.36. The molecule has 0 aromatic rings. The van der Waals surface area contributed by atoms with Crippen molar-refractivity contribution in [3.8, 4) is 0 Å². The van der Waals surface area contributed by atoms with Gasteiger partial charge in [0.15, 0.2) is 0 Å². The van der Waals surface area contributed by atoms with E-state index < -0.39 is 0 Å². The summed E-state index contributed by atoms with van der Waals surface area (Å²) in [6.45, 7) is 9.20. The van der Waals surface area contributed by atoms with E-state index in [9.17, 15) is 0 Å². The lowest BCUT2D eigenvalue weighted by atomic mass is 9.90. The molecule has 0 spiro atoms. The third-order valence-electron chi connectivity index (χ3n) is 3.19. The molecule has 1 rings (SSSR count). The third kappa shape index (κ3) is 1.99. The Kier molecular flexibility index (Phi) is 3.53. The van der Waals surface area contributed by atoms with Crippen molar-refractivity contribution in [2.24, 2.45) is 11.8 Å². The monoisotopic (exact) mass is 171 g/mol. The van der Waals surface area contributed by atoms with Crippen LogP contribution in [-0.2, 0) is 0 Å². The highest BCUT2D eigenvalue weighted by atomic mass is 16.3. The lowest BCUT2D eigenvalue weighted by Crippen LogP contribution is -2.33. The SMILES string of the molecule is CC(C)C1CCN(CCO)C1C. The van der Waals surface area contributed by atoms with Gasteiger partial charge in [-0.05, 0) is 31.7 Å². The average molecular weight is 171 g/mol. The standard InChI is InChI=1S/C10H21NO/c1-8(2)10-4-5-11(6-7-12)9(10)3/h8-10,12H,4-7H2,1-3H3. The number of hydrogen-bond acceptors (Lipinski definition) is 2. The molecule has 1 saturated heterocycles. The van der Waals surface area contributed by atoms with Gasteiger partial charge in [-0.1, -0.05) is 13.8 Å². The van der Waals surface area contributed by atoms with Crippen LogP contribution in [0.25, 0.3) is 0 Å². The number of β-amino-alcohol motifs (C(OH)–C–C–N with tert-alkyl or cyclic N) is 1. The van der Waals surface area contributed by atoms with Crippen molar-refractivity contribution in [1.82, 2.24) is 4.90 Å². The number of hydrogen-bond donors (Lipinski definition) is 1. The van der Waals surface area contributed by atoms with E-state index in [1.807, 2.05) is 0 Å². The van der Waals surface area contributed by atoms with E-state index in [0.29, 0.717) is 12.6 Å². The van der Waals surface area contributed by atoms with Crippen molar-refractivity contribution < 1.29 is 5.11 Å². The zero-order chi connectivity index (χ0) is 9.14. The number of likely N-dealkylation sites (tertiary alicyclic amines) is 1. The Hall–Kier alpha value is -0.0800. The van der Waals surface area contributed by atoms with Crippen LogP contribution in [0.1, 0.15) is 27.2 Å². The highest BCUT2D eigenvalue weighted by Crippen LogP contribution is 2.29. The van der Waals surface area contributed by atoms with E-state index in [2.05, 4.69) is 25.7 Å². The second kappa shape index (κ2) is 4.24. The lowest BCUT2D eigenvalue weighted by Gasteiger charge is -2.25. The van der Waals surface area contributed by atoms with E-state index in [-0.39, 0.29) is 0 Å². The molecule has 0 saturated carbocycles. The van der Waals surface area contributed by atoms with Crippen LogP contribution in [-0.4, -0.2) is 35.7 Å². The van der Waals surface area contributed by atoms with E-state index in [1.54, 1.807) is 0 Å². The van der Waals surface area contributed by atoms with Gasteiger partial charge in [0.1, 0.15) is 0 Å². The average Bonchev–Trinajstić information content (AvgIpc) is 2.34. The van der Waals surface area contributed by atoms with Gasteiger partial charge in [-0.3, -0.25) is 4.90 Å². The zero-order valence-corrected chi connectivity index (χ0v) is 8.45. The van der Waals surface area contributed by atoms with Crippen LogP contribution >= 0.6 is 0 Å². The summed E-state index contributed by atoms with van der Waals surface area (Å²) in [5, 5.41) is 8.83. The highest BCUT2D eigenvalue weighted by molar-refractivity contribution is 4.85. The Morgan fingerprint density at radius 2 is 2.17 bits per heavy atom. The minimum Gasteiger partial charge on any atom is -0.395 e. The Morgan fingerprint density at radius 3 is 2.58 bits per heavy atom. The summed E-state index contributed by atoms with van der Waals surface area (Å²) in [6, 6.07) is 0.664. The molecule has 2 unspecified atom stereocenters. The van der Waals surface area contributed by atoms with Gasteiger partial charge in [-0.15, -0.1) is 0 Å². The van der Waals surface area contributed by atoms with Gasteiger partial charge >= 0.3 is 0 Å². The predicted octanol–water partition coefficient (Wildman–Crippen LogP) is 1.35. The molecule has 2 heteroatoms. The molecule has 1 aliphatic heterocycles. The second-order valence-corrected chi connectivity index (χ2v) is 4.20. The van der Waals surface area contributed by atoms with Crippen LogP contribution in [0, 0.1) is 11.8 Å². The summed E-state index contributed by atoms with van der Waals surface area (Å²) >= 11 is 0. The molecule has 2 nitrogen and oxygen atoms in total. The van der Waals surface area contributed by atoms with E-state index in [0.717, 1.165) is 18.4 Å². The molecule has 0 bridgehead atoms. The maximum Gasteiger partial charge on any atom is 0.0558 e. The van der Waals surface area contributed by atoms with Gasteiger partial charge in [-0.25, -0.2) is 0 Å². The van der Waals surface area contributed by atoms with E-state index in [4.69, 9.17) is 5.11 Å². The van der Waals surface area contributed by atoms with Crippen molar-refractivity contribution >= 4 is 0 Å². The summed E-state index contributed by atoms with van der Waals surface area (Å²) in [7, 11) is 0. The number of nitrogens with zero attached hydrogens (tertiary/aromatic N) is 1. The van der Waals surface area contributed by atoms with Crippen LogP contribution in [0.3, 0.4) is 0 Å². The predicted molar refractivity (Wildman–Crippen MR) is 51.1 cm³/mol. The van der Waals surface area contributed by atoms with Crippen molar-refractivity contribution in [3.63, 3.8) is 0 Å². The number of aliphatic hydroxyl groups is 1. The van der Waals surface area contributed by atoms with Gasteiger partial charge in [0.05, 0.1) is 6.61 Å². The highest BCUT2D eigenvalue weighted by Gasteiger charge is 2.31. The molecule has 0 aromatic carbocycles. The van der Waals surface area contributed by atoms with Gasteiger partial charge in [0, 0.05) is 12.6 Å². The quantitative estimate of drug-likeness (QED) is 0.693. The van der Waals surface area contributed by atoms with Gasteiger partial charge < -0.3 is 5.11 Å². The first kappa shape index (κ1) is 10.0. The fourth-order valence-electron chi connectivity index (χ4n) is 2.36. The minimum atomic E-state index is 0.301. The largest absolute Gasteiger partial charge is 0.395 e. The molecule has 0 radical (unpaired) electrons. The first-order valence-electron chi connectivity index (χ1n) is 5.01. The zero-order valence-electron chi connectivity index (χ0n) is 8.45. The number of aliphatic hydroxyl groups excluding tert-OH is 1. The summed E-state index contributed by atoms with van der Waals surface area (Å²) in [4.78, 5) is 2.39. The maximum absolute atomic E-state index is 8.83. The first-order valence-corrected chi connectivity index (χ1v) is 5.01. The fraction of sp³-hybridized carbons (Fsp3) is 1.00. The van der Waals surface area contributed by atoms with E-state index >= 15 is 0 Å². The molecule has 12 heavy (non-hydrogen) atoms. The van der Waals surface area contributed by atoms with Gasteiger partial charge in [0.2, 0.25) is 0 Å². The van der Waals surface area contributed by atoms with Crippen LogP contribution in [0.4, 0.5) is 0 Å². The van der Waals surface area contributed by atoms with Crippen molar-refractivity contribution in [2.45, 2.75) is 33.2 Å². The maximum atomic E-state index is 8.83. The first-order chi connectivity index (χ1) is 5.66. The van der Waals surface area contributed by atoms with Crippen LogP contribution in [0.5, 0.6) is 0 Å². The smallest absolute Gasteiger partial charge is 0.0558 e. The Morgan fingerprint density at radius 1 is 1.50 bits per heavy atom. The topological polar surface area (TPSA) is 23.5 Å². The molecule has 0 aromatic heterocycles. The van der Waals surface area contributed by atoms with Crippen molar-refractivity contribution in [1.29, 1.82) is 0 Å². The van der Waals surface area contributed by atoms with Gasteiger partial charge in [-0.2, -0.15) is 0 Å². The molecule has 1 aliphatic rings. The summed E-state index contributed by atoms with van der Waals surface area (Å²) < 4.78 is 0. The Balaban J connectivity index is 2.43. The summed E-state index contributed by atoms with van der Waals surface area (Å²) in [6.07, 6.45) is 1.30. The van der Waals surface area contributed by atoms with Crippen LogP contribution in [0.15, 0.2) is 0 Å². The Labute approximate surface area is 75.6 Å². The van der Waals surface area contributed by atoms with Gasteiger partial charge in [0.25, 0.3) is 0 Å². The Bertz CT molecular complexity index is 136. The molecule has 1 N–H and O–H groups in total.